The summed E-state index contributed by atoms with van der Waals surface area (Å²) in [6.07, 6.45) is 6.87. The van der Waals surface area contributed by atoms with Crippen LogP contribution in [0, 0.1) is 27.7 Å². The second-order valence-corrected chi connectivity index (χ2v) is 9.74. The van der Waals surface area contributed by atoms with Gasteiger partial charge in [0.15, 0.2) is 5.11 Å². The average molecular weight is 445 g/mol. The Bertz CT molecular complexity index is 1140. The Hall–Kier alpha value is -2.66. The molecular formula is C27H32N4S. The van der Waals surface area contributed by atoms with Crippen molar-refractivity contribution in [1.82, 2.24) is 19.8 Å². The minimum Gasteiger partial charge on any atom is -0.352 e. The summed E-state index contributed by atoms with van der Waals surface area (Å²) >= 11 is 5.93. The normalized spacial score (nSPS) is 21.4. The lowest BCUT2D eigenvalue weighted by atomic mass is 9.95. The maximum absolute atomic E-state index is 5.93. The molecule has 0 bridgehead atoms. The molecule has 3 aromatic rings. The average Bonchev–Trinajstić information content (AvgIpc) is 3.49. The Morgan fingerprint density at radius 3 is 2.50 bits per heavy atom. The number of nitrogens with zero attached hydrogens (tertiary/aromatic N) is 3. The molecule has 32 heavy (non-hydrogen) atoms. The molecule has 0 amide bonds. The van der Waals surface area contributed by atoms with Crippen molar-refractivity contribution in [2.45, 2.75) is 71.5 Å². The van der Waals surface area contributed by atoms with E-state index in [4.69, 9.17) is 17.2 Å². The fourth-order valence-corrected chi connectivity index (χ4v) is 6.10. The fraction of sp³-hybridized carbons (Fsp3) is 0.407. The molecule has 1 saturated carbocycles. The molecule has 5 rings (SSSR count). The second kappa shape index (κ2) is 8.36. The van der Waals surface area contributed by atoms with Crippen molar-refractivity contribution < 1.29 is 0 Å². The molecule has 5 heteroatoms. The molecule has 2 aromatic heterocycles. The maximum Gasteiger partial charge on any atom is 0.170 e. The van der Waals surface area contributed by atoms with E-state index in [1.54, 1.807) is 0 Å². The summed E-state index contributed by atoms with van der Waals surface area (Å²) in [5.74, 6) is 0. The Kier molecular flexibility index (Phi) is 5.54. The second-order valence-electron chi connectivity index (χ2n) is 9.35. The number of aromatic nitrogens is 2. The number of rotatable bonds is 4. The highest BCUT2D eigenvalue weighted by molar-refractivity contribution is 7.80. The standard InChI is InChI=1S/C27H32N4S/c1-17-10-9-14-24(19(17)3)30-18(2)16-22(20(30)4)26-25(23-13-7-8-15-28-23)29-27(32)31(26)21-11-5-6-12-21/h7-10,13-16,21,25-26H,5-6,11-12H2,1-4H3,(H,29,32). The Balaban J connectivity index is 1.66. The Morgan fingerprint density at radius 2 is 1.78 bits per heavy atom. The molecule has 1 aromatic carbocycles. The third kappa shape index (κ3) is 3.43. The molecule has 2 atom stereocenters. The predicted octanol–water partition coefficient (Wildman–Crippen LogP) is 6.02. The van der Waals surface area contributed by atoms with E-state index in [0.717, 1.165) is 10.8 Å². The predicted molar refractivity (Wildman–Crippen MR) is 134 cm³/mol. The van der Waals surface area contributed by atoms with E-state index in [1.807, 2.05) is 12.3 Å². The monoisotopic (exact) mass is 444 g/mol. The van der Waals surface area contributed by atoms with Crippen molar-refractivity contribution in [2.75, 3.05) is 0 Å². The van der Waals surface area contributed by atoms with Crippen molar-refractivity contribution in [3.63, 3.8) is 0 Å². The molecule has 1 aliphatic heterocycles. The van der Waals surface area contributed by atoms with E-state index in [0.29, 0.717) is 6.04 Å². The van der Waals surface area contributed by atoms with Gasteiger partial charge in [-0.05, 0) is 93.7 Å². The summed E-state index contributed by atoms with van der Waals surface area (Å²) in [7, 11) is 0. The van der Waals surface area contributed by atoms with Crippen molar-refractivity contribution in [3.05, 3.63) is 82.4 Å². The SMILES string of the molecule is Cc1cccc(-n2c(C)cc(C3C(c4ccccn4)NC(=S)N3C3CCCC3)c2C)c1C. The van der Waals surface area contributed by atoms with Crippen molar-refractivity contribution in [1.29, 1.82) is 0 Å². The summed E-state index contributed by atoms with van der Waals surface area (Å²) in [6.45, 7) is 8.88. The first-order valence-electron chi connectivity index (χ1n) is 11.7. The molecular weight excluding hydrogens is 412 g/mol. The molecule has 1 N–H and O–H groups in total. The lowest BCUT2D eigenvalue weighted by Crippen LogP contribution is -2.37. The van der Waals surface area contributed by atoms with Crippen LogP contribution >= 0.6 is 12.2 Å². The van der Waals surface area contributed by atoms with Crippen LogP contribution in [0.1, 0.15) is 71.5 Å². The molecule has 1 saturated heterocycles. The summed E-state index contributed by atoms with van der Waals surface area (Å²) in [5, 5.41) is 4.52. The number of thiocarbonyl (C=S) groups is 1. The number of aryl methyl sites for hydroxylation is 2. The zero-order valence-corrected chi connectivity index (χ0v) is 20.2. The highest BCUT2D eigenvalue weighted by Crippen LogP contribution is 2.44. The first-order valence-corrected chi connectivity index (χ1v) is 12.1. The van der Waals surface area contributed by atoms with Crippen molar-refractivity contribution in [2.24, 2.45) is 0 Å². The molecule has 2 aliphatic rings. The van der Waals surface area contributed by atoms with Gasteiger partial charge in [0, 0.05) is 29.3 Å². The van der Waals surface area contributed by atoms with E-state index in [1.165, 1.54) is 59.4 Å². The third-order valence-corrected chi connectivity index (χ3v) is 7.79. The van der Waals surface area contributed by atoms with E-state index in [9.17, 15) is 0 Å². The number of nitrogens with one attached hydrogen (secondary N) is 1. The molecule has 2 fully saturated rings. The van der Waals surface area contributed by atoms with E-state index >= 15 is 0 Å². The quantitative estimate of drug-likeness (QED) is 0.499. The molecule has 166 valence electrons. The van der Waals surface area contributed by atoms with Crippen LogP contribution in [0.25, 0.3) is 5.69 Å². The minimum absolute atomic E-state index is 0.0526. The third-order valence-electron chi connectivity index (χ3n) is 7.46. The molecule has 1 aliphatic carbocycles. The largest absolute Gasteiger partial charge is 0.352 e. The van der Waals surface area contributed by atoms with Gasteiger partial charge < -0.3 is 14.8 Å². The highest BCUT2D eigenvalue weighted by atomic mass is 32.1. The molecule has 0 spiro atoms. The van der Waals surface area contributed by atoms with Crippen LogP contribution in [0.4, 0.5) is 0 Å². The van der Waals surface area contributed by atoms with Crippen LogP contribution in [0.5, 0.6) is 0 Å². The number of hydrogen-bond donors (Lipinski definition) is 1. The van der Waals surface area contributed by atoms with Crippen LogP contribution in [-0.4, -0.2) is 25.6 Å². The van der Waals surface area contributed by atoms with Crippen LogP contribution in [0.2, 0.25) is 0 Å². The molecule has 2 unspecified atom stereocenters. The van der Waals surface area contributed by atoms with Gasteiger partial charge in [-0.15, -0.1) is 0 Å². The zero-order valence-electron chi connectivity index (χ0n) is 19.4. The highest BCUT2D eigenvalue weighted by Gasteiger charge is 2.44. The van der Waals surface area contributed by atoms with E-state index in [-0.39, 0.29) is 12.1 Å². The summed E-state index contributed by atoms with van der Waals surface area (Å²) in [4.78, 5) is 7.22. The lowest BCUT2D eigenvalue weighted by Gasteiger charge is -2.33. The summed E-state index contributed by atoms with van der Waals surface area (Å²) in [6, 6.07) is 15.8. The van der Waals surface area contributed by atoms with Gasteiger partial charge in [-0.3, -0.25) is 4.98 Å². The van der Waals surface area contributed by atoms with Gasteiger partial charge in [0.1, 0.15) is 0 Å². The van der Waals surface area contributed by atoms with Crippen LogP contribution < -0.4 is 5.32 Å². The van der Waals surface area contributed by atoms with Gasteiger partial charge in [-0.2, -0.15) is 0 Å². The maximum atomic E-state index is 5.93. The first-order chi connectivity index (χ1) is 15.5. The summed E-state index contributed by atoms with van der Waals surface area (Å²) in [5.41, 5.74) is 8.86. The number of hydrogen-bond acceptors (Lipinski definition) is 2. The number of benzene rings is 1. The Morgan fingerprint density at radius 1 is 1.00 bits per heavy atom. The van der Waals surface area contributed by atoms with Gasteiger partial charge in [0.25, 0.3) is 0 Å². The molecule has 0 radical (unpaired) electrons. The molecule has 3 heterocycles. The van der Waals surface area contributed by atoms with Crippen molar-refractivity contribution in [3.8, 4) is 5.69 Å². The first kappa shape index (κ1) is 21.2. The molecule has 4 nitrogen and oxygen atoms in total. The van der Waals surface area contributed by atoms with Gasteiger partial charge in [0.05, 0.1) is 17.8 Å². The topological polar surface area (TPSA) is 33.1 Å². The van der Waals surface area contributed by atoms with Gasteiger partial charge >= 0.3 is 0 Å². The zero-order chi connectivity index (χ0) is 22.4. The van der Waals surface area contributed by atoms with E-state index < -0.39 is 0 Å². The number of pyridine rings is 1. The van der Waals surface area contributed by atoms with Crippen LogP contribution in [0.3, 0.4) is 0 Å². The minimum atomic E-state index is 0.0526. The van der Waals surface area contributed by atoms with E-state index in [2.05, 4.69) is 78.9 Å². The van der Waals surface area contributed by atoms with Gasteiger partial charge in [-0.1, -0.05) is 31.0 Å². The van der Waals surface area contributed by atoms with Crippen molar-refractivity contribution >= 4 is 17.3 Å². The Labute approximate surface area is 196 Å². The summed E-state index contributed by atoms with van der Waals surface area (Å²) < 4.78 is 2.42. The van der Waals surface area contributed by atoms with Crippen LogP contribution in [-0.2, 0) is 0 Å². The smallest absolute Gasteiger partial charge is 0.170 e. The van der Waals surface area contributed by atoms with Gasteiger partial charge in [-0.25, -0.2) is 0 Å². The lowest BCUT2D eigenvalue weighted by molar-refractivity contribution is 0.245. The fourth-order valence-electron chi connectivity index (χ4n) is 5.71. The van der Waals surface area contributed by atoms with Gasteiger partial charge in [0.2, 0.25) is 0 Å². The van der Waals surface area contributed by atoms with Crippen LogP contribution in [0.15, 0.2) is 48.7 Å².